The highest BCUT2D eigenvalue weighted by molar-refractivity contribution is 4.81. The van der Waals surface area contributed by atoms with Gasteiger partial charge in [0.15, 0.2) is 0 Å². The van der Waals surface area contributed by atoms with Crippen LogP contribution in [0.15, 0.2) is 0 Å². The summed E-state index contributed by atoms with van der Waals surface area (Å²) >= 11 is 0. The molecule has 0 aromatic rings. The van der Waals surface area contributed by atoms with Crippen molar-refractivity contribution in [1.29, 1.82) is 0 Å². The Kier molecular flexibility index (Phi) is 5.73. The summed E-state index contributed by atoms with van der Waals surface area (Å²) in [5, 5.41) is 21.9. The molecule has 1 atom stereocenters. The van der Waals surface area contributed by atoms with E-state index in [0.29, 0.717) is 12.6 Å². The van der Waals surface area contributed by atoms with Gasteiger partial charge in [0.25, 0.3) is 0 Å². The second-order valence-corrected chi connectivity index (χ2v) is 5.69. The number of hydrogen-bond acceptors (Lipinski definition) is 3. The van der Waals surface area contributed by atoms with Crippen molar-refractivity contribution in [3.05, 3.63) is 0 Å². The third-order valence-electron chi connectivity index (χ3n) is 3.97. The van der Waals surface area contributed by atoms with Gasteiger partial charge in [0, 0.05) is 18.0 Å². The standard InChI is InChI=1S/C13H27NO2/c1-11(12-6-4-3-5-7-12)14-8-13(2,9-15)10-16/h11-12,14-16H,3-10H2,1-2H3/t11-/m1/s1. The number of hydrogen-bond donors (Lipinski definition) is 3. The first-order valence-electron chi connectivity index (χ1n) is 6.56. The predicted octanol–water partition coefficient (Wildman–Crippen LogP) is 1.54. The maximum atomic E-state index is 9.21. The highest BCUT2D eigenvalue weighted by Crippen LogP contribution is 2.26. The lowest BCUT2D eigenvalue weighted by atomic mass is 9.84. The molecule has 0 amide bonds. The SMILES string of the molecule is C[C@@H](NCC(C)(CO)CO)C1CCCCC1. The molecule has 0 heterocycles. The van der Waals surface area contributed by atoms with E-state index in [2.05, 4.69) is 12.2 Å². The Bertz CT molecular complexity index is 186. The molecule has 0 radical (unpaired) electrons. The highest BCUT2D eigenvalue weighted by Gasteiger charge is 2.25. The second kappa shape index (κ2) is 6.58. The molecule has 0 bridgehead atoms. The van der Waals surface area contributed by atoms with Gasteiger partial charge in [-0.1, -0.05) is 26.2 Å². The first-order chi connectivity index (χ1) is 7.61. The summed E-state index contributed by atoms with van der Waals surface area (Å²) in [6.45, 7) is 4.90. The quantitative estimate of drug-likeness (QED) is 0.647. The number of aliphatic hydroxyl groups excluding tert-OH is 2. The van der Waals surface area contributed by atoms with Crippen LogP contribution in [0.1, 0.15) is 46.0 Å². The molecule has 16 heavy (non-hydrogen) atoms. The summed E-state index contributed by atoms with van der Waals surface area (Å²) in [4.78, 5) is 0. The predicted molar refractivity (Wildman–Crippen MR) is 66.3 cm³/mol. The molecule has 96 valence electrons. The first kappa shape index (κ1) is 13.9. The van der Waals surface area contributed by atoms with Gasteiger partial charge in [-0.15, -0.1) is 0 Å². The topological polar surface area (TPSA) is 52.5 Å². The van der Waals surface area contributed by atoms with E-state index in [1.165, 1.54) is 32.1 Å². The molecule has 1 saturated carbocycles. The molecule has 1 aliphatic rings. The number of rotatable bonds is 6. The van der Waals surface area contributed by atoms with E-state index in [1.807, 2.05) is 6.92 Å². The normalized spacial score (nSPS) is 21.0. The fraction of sp³-hybridized carbons (Fsp3) is 1.00. The molecule has 0 unspecified atom stereocenters. The maximum absolute atomic E-state index is 9.21. The molecule has 0 saturated heterocycles. The van der Waals surface area contributed by atoms with Crippen LogP contribution in [0.3, 0.4) is 0 Å². The Morgan fingerprint density at radius 3 is 2.25 bits per heavy atom. The minimum absolute atomic E-state index is 0.0356. The van der Waals surface area contributed by atoms with Crippen LogP contribution in [-0.4, -0.2) is 36.0 Å². The molecule has 1 fully saturated rings. The number of nitrogens with one attached hydrogen (secondary N) is 1. The molecule has 0 spiro atoms. The fourth-order valence-electron chi connectivity index (χ4n) is 2.37. The van der Waals surface area contributed by atoms with E-state index in [-0.39, 0.29) is 18.6 Å². The fourth-order valence-corrected chi connectivity index (χ4v) is 2.37. The zero-order valence-corrected chi connectivity index (χ0v) is 10.7. The Labute approximate surface area is 99.3 Å². The van der Waals surface area contributed by atoms with Crippen molar-refractivity contribution in [2.45, 2.75) is 52.0 Å². The molecule has 0 aromatic carbocycles. The minimum Gasteiger partial charge on any atom is -0.396 e. The van der Waals surface area contributed by atoms with E-state index >= 15 is 0 Å². The summed E-state index contributed by atoms with van der Waals surface area (Å²) < 4.78 is 0. The average Bonchev–Trinajstić information content (AvgIpc) is 2.36. The van der Waals surface area contributed by atoms with Crippen molar-refractivity contribution in [1.82, 2.24) is 5.32 Å². The molecular weight excluding hydrogens is 202 g/mol. The summed E-state index contributed by atoms with van der Waals surface area (Å²) in [5.74, 6) is 0.774. The highest BCUT2D eigenvalue weighted by atomic mass is 16.3. The van der Waals surface area contributed by atoms with Gasteiger partial charge in [-0.3, -0.25) is 0 Å². The van der Waals surface area contributed by atoms with Gasteiger partial charge in [0.1, 0.15) is 0 Å². The molecule has 3 nitrogen and oxygen atoms in total. The van der Waals surface area contributed by atoms with Crippen LogP contribution in [0, 0.1) is 11.3 Å². The molecule has 3 N–H and O–H groups in total. The van der Waals surface area contributed by atoms with E-state index in [9.17, 15) is 10.2 Å². The zero-order valence-electron chi connectivity index (χ0n) is 10.7. The Morgan fingerprint density at radius 1 is 1.19 bits per heavy atom. The average molecular weight is 229 g/mol. The van der Waals surface area contributed by atoms with Gasteiger partial charge in [-0.2, -0.15) is 0 Å². The van der Waals surface area contributed by atoms with Gasteiger partial charge >= 0.3 is 0 Å². The summed E-state index contributed by atoms with van der Waals surface area (Å²) in [5.41, 5.74) is -0.386. The lowest BCUT2D eigenvalue weighted by Gasteiger charge is -2.32. The lowest BCUT2D eigenvalue weighted by molar-refractivity contribution is 0.0648. The summed E-state index contributed by atoms with van der Waals surface area (Å²) in [6.07, 6.45) is 6.74. The Balaban J connectivity index is 2.30. The minimum atomic E-state index is -0.386. The summed E-state index contributed by atoms with van der Waals surface area (Å²) in [7, 11) is 0. The number of aliphatic hydroxyl groups is 2. The van der Waals surface area contributed by atoms with Crippen LogP contribution in [0.4, 0.5) is 0 Å². The van der Waals surface area contributed by atoms with Gasteiger partial charge in [0.2, 0.25) is 0 Å². The van der Waals surface area contributed by atoms with E-state index in [0.717, 1.165) is 5.92 Å². The maximum Gasteiger partial charge on any atom is 0.0518 e. The van der Waals surface area contributed by atoms with Crippen molar-refractivity contribution in [3.8, 4) is 0 Å². The van der Waals surface area contributed by atoms with Crippen LogP contribution >= 0.6 is 0 Å². The second-order valence-electron chi connectivity index (χ2n) is 5.69. The summed E-state index contributed by atoms with van der Waals surface area (Å²) in [6, 6.07) is 0.498. The van der Waals surface area contributed by atoms with E-state index < -0.39 is 0 Å². The van der Waals surface area contributed by atoms with Gasteiger partial charge in [0.05, 0.1) is 13.2 Å². The van der Waals surface area contributed by atoms with Crippen LogP contribution in [0.25, 0.3) is 0 Å². The molecule has 1 aliphatic carbocycles. The van der Waals surface area contributed by atoms with Gasteiger partial charge < -0.3 is 15.5 Å². The van der Waals surface area contributed by atoms with Crippen molar-refractivity contribution in [2.24, 2.45) is 11.3 Å². The molecular formula is C13H27NO2. The smallest absolute Gasteiger partial charge is 0.0518 e. The Hall–Kier alpha value is -0.120. The van der Waals surface area contributed by atoms with Gasteiger partial charge in [-0.05, 0) is 25.7 Å². The third kappa shape index (κ3) is 4.04. The van der Waals surface area contributed by atoms with Crippen LogP contribution in [-0.2, 0) is 0 Å². The van der Waals surface area contributed by atoms with Crippen LogP contribution in [0.5, 0.6) is 0 Å². The van der Waals surface area contributed by atoms with Crippen LogP contribution < -0.4 is 5.32 Å². The lowest BCUT2D eigenvalue weighted by Crippen LogP contribution is -2.44. The largest absolute Gasteiger partial charge is 0.396 e. The molecule has 0 aromatic heterocycles. The van der Waals surface area contributed by atoms with E-state index in [1.54, 1.807) is 0 Å². The van der Waals surface area contributed by atoms with Gasteiger partial charge in [-0.25, -0.2) is 0 Å². The monoisotopic (exact) mass is 229 g/mol. The first-order valence-corrected chi connectivity index (χ1v) is 6.56. The Morgan fingerprint density at radius 2 is 1.75 bits per heavy atom. The van der Waals surface area contributed by atoms with E-state index in [4.69, 9.17) is 0 Å². The van der Waals surface area contributed by atoms with Crippen molar-refractivity contribution < 1.29 is 10.2 Å². The van der Waals surface area contributed by atoms with Crippen molar-refractivity contribution in [3.63, 3.8) is 0 Å². The van der Waals surface area contributed by atoms with Crippen molar-refractivity contribution >= 4 is 0 Å². The molecule has 1 rings (SSSR count). The molecule has 3 heteroatoms. The van der Waals surface area contributed by atoms with Crippen LogP contribution in [0.2, 0.25) is 0 Å². The zero-order chi connectivity index (χ0) is 12.0. The van der Waals surface area contributed by atoms with Crippen molar-refractivity contribution in [2.75, 3.05) is 19.8 Å². The molecule has 0 aliphatic heterocycles. The third-order valence-corrected chi connectivity index (χ3v) is 3.97.